The van der Waals surface area contributed by atoms with E-state index in [0.29, 0.717) is 56.2 Å². The standard InChI is InChI=1S/C25H32N4O4.C2HF3O2/c1-3-4-11-26-23(30)17-28-12-14-29(15-13-28)22-10-9-19(16-21(22)25(32)33)27-24(31)20-8-6-5-7-18(20)2;3-2(4,5)1(6)7/h5-10,16H,3-4,11-15,17H2,1-2H3,(H,26,30)(H,27,31)(H,32,33);(H,6,7). The number of nitrogens with zero attached hydrogens (tertiary/aromatic N) is 2. The third kappa shape index (κ3) is 9.88. The van der Waals surface area contributed by atoms with Crippen molar-refractivity contribution in [2.45, 2.75) is 32.9 Å². The number of aliphatic carboxylic acids is 1. The molecule has 10 nitrogen and oxygen atoms in total. The number of carbonyl (C=O) groups excluding carboxylic acids is 2. The lowest BCUT2D eigenvalue weighted by molar-refractivity contribution is -0.192. The van der Waals surface area contributed by atoms with Crippen LogP contribution >= 0.6 is 0 Å². The Morgan fingerprint density at radius 2 is 1.57 bits per heavy atom. The SMILES string of the molecule is CCCCNC(=O)CN1CCN(c2ccc(NC(=O)c3ccccc3C)cc2C(=O)O)CC1.O=C(O)C(F)(F)F. The number of nitrogens with one attached hydrogen (secondary N) is 2. The van der Waals surface area contributed by atoms with Crippen LogP contribution in [0.5, 0.6) is 0 Å². The molecule has 4 N–H and O–H groups in total. The molecule has 0 radical (unpaired) electrons. The first-order valence-electron chi connectivity index (χ1n) is 12.6. The minimum absolute atomic E-state index is 0.0249. The van der Waals surface area contributed by atoms with Crippen molar-refractivity contribution in [2.75, 3.05) is 49.5 Å². The van der Waals surface area contributed by atoms with Gasteiger partial charge in [0.15, 0.2) is 0 Å². The van der Waals surface area contributed by atoms with E-state index < -0.39 is 18.1 Å². The van der Waals surface area contributed by atoms with Gasteiger partial charge in [-0.3, -0.25) is 14.5 Å². The monoisotopic (exact) mass is 566 g/mol. The number of benzene rings is 2. The van der Waals surface area contributed by atoms with Gasteiger partial charge in [0.05, 0.1) is 17.8 Å². The molecular weight excluding hydrogens is 533 g/mol. The molecule has 13 heteroatoms. The molecule has 1 fully saturated rings. The van der Waals surface area contributed by atoms with Crippen LogP contribution in [0.2, 0.25) is 0 Å². The van der Waals surface area contributed by atoms with Crippen molar-refractivity contribution in [3.63, 3.8) is 0 Å². The predicted octanol–water partition coefficient (Wildman–Crippen LogP) is 3.62. The minimum atomic E-state index is -5.08. The highest BCUT2D eigenvalue weighted by atomic mass is 19.4. The summed E-state index contributed by atoms with van der Waals surface area (Å²) in [6.07, 6.45) is -3.07. The van der Waals surface area contributed by atoms with E-state index in [4.69, 9.17) is 9.90 Å². The van der Waals surface area contributed by atoms with Gasteiger partial charge in [-0.2, -0.15) is 13.2 Å². The molecule has 1 heterocycles. The van der Waals surface area contributed by atoms with Gasteiger partial charge in [-0.1, -0.05) is 31.5 Å². The third-order valence-electron chi connectivity index (χ3n) is 6.05. The number of piperazine rings is 1. The van der Waals surface area contributed by atoms with Gasteiger partial charge in [0, 0.05) is 44.0 Å². The van der Waals surface area contributed by atoms with Crippen molar-refractivity contribution in [1.82, 2.24) is 10.2 Å². The van der Waals surface area contributed by atoms with Gasteiger partial charge in [-0.25, -0.2) is 9.59 Å². The molecule has 2 aromatic rings. The molecule has 2 aromatic carbocycles. The zero-order chi connectivity index (χ0) is 29.9. The second kappa shape index (κ2) is 14.9. The number of anilines is 2. The molecule has 0 atom stereocenters. The fraction of sp³-hybridized carbons (Fsp3) is 0.407. The summed E-state index contributed by atoms with van der Waals surface area (Å²) in [7, 11) is 0. The van der Waals surface area contributed by atoms with Crippen molar-refractivity contribution < 1.29 is 42.6 Å². The lowest BCUT2D eigenvalue weighted by Gasteiger charge is -2.36. The molecule has 3 rings (SSSR count). The van der Waals surface area contributed by atoms with E-state index in [-0.39, 0.29) is 17.4 Å². The highest BCUT2D eigenvalue weighted by Gasteiger charge is 2.38. The summed E-state index contributed by atoms with van der Waals surface area (Å²) in [5.41, 5.74) is 2.59. The predicted molar refractivity (Wildman–Crippen MR) is 143 cm³/mol. The topological polar surface area (TPSA) is 139 Å². The van der Waals surface area contributed by atoms with Crippen molar-refractivity contribution in [2.24, 2.45) is 0 Å². The normalized spacial score (nSPS) is 13.6. The Morgan fingerprint density at radius 3 is 2.12 bits per heavy atom. The Bertz CT molecular complexity index is 1200. The smallest absolute Gasteiger partial charge is 0.478 e. The van der Waals surface area contributed by atoms with Gasteiger partial charge in [-0.15, -0.1) is 0 Å². The van der Waals surface area contributed by atoms with Crippen LogP contribution in [0.4, 0.5) is 24.5 Å². The molecule has 0 unspecified atom stereocenters. The van der Waals surface area contributed by atoms with E-state index >= 15 is 0 Å². The van der Waals surface area contributed by atoms with Gasteiger partial charge < -0.3 is 25.7 Å². The van der Waals surface area contributed by atoms with Gasteiger partial charge in [0.25, 0.3) is 5.91 Å². The van der Waals surface area contributed by atoms with Crippen molar-refractivity contribution >= 4 is 35.1 Å². The second-order valence-electron chi connectivity index (χ2n) is 9.08. The summed E-state index contributed by atoms with van der Waals surface area (Å²) in [4.78, 5) is 49.6. The number of hydrogen-bond acceptors (Lipinski definition) is 6. The maximum absolute atomic E-state index is 12.6. The lowest BCUT2D eigenvalue weighted by Crippen LogP contribution is -2.49. The van der Waals surface area contributed by atoms with E-state index in [2.05, 4.69) is 22.5 Å². The van der Waals surface area contributed by atoms with Crippen molar-refractivity contribution in [3.05, 3.63) is 59.2 Å². The van der Waals surface area contributed by atoms with Crippen molar-refractivity contribution in [1.29, 1.82) is 0 Å². The van der Waals surface area contributed by atoms with Crippen LogP contribution in [0, 0.1) is 6.92 Å². The van der Waals surface area contributed by atoms with Crippen LogP contribution in [0.15, 0.2) is 42.5 Å². The number of alkyl halides is 3. The Morgan fingerprint density at radius 1 is 0.950 bits per heavy atom. The molecule has 0 aromatic heterocycles. The maximum Gasteiger partial charge on any atom is 0.490 e. The molecule has 0 bridgehead atoms. The highest BCUT2D eigenvalue weighted by molar-refractivity contribution is 6.06. The Hall–Kier alpha value is -4.13. The molecule has 1 aliphatic rings. The number of carbonyl (C=O) groups is 4. The molecule has 2 amide bonds. The van der Waals surface area contributed by atoms with Crippen LogP contribution in [-0.4, -0.2) is 84.3 Å². The number of halogens is 3. The van der Waals surface area contributed by atoms with E-state index in [1.807, 2.05) is 24.0 Å². The molecule has 218 valence electrons. The number of rotatable bonds is 9. The van der Waals surface area contributed by atoms with Gasteiger partial charge in [-0.05, 0) is 43.2 Å². The number of unbranched alkanes of at least 4 members (excludes halogenated alkanes) is 1. The van der Waals surface area contributed by atoms with Crippen LogP contribution in [0.3, 0.4) is 0 Å². The Balaban J connectivity index is 0.000000708. The third-order valence-corrected chi connectivity index (χ3v) is 6.05. The average Bonchev–Trinajstić information content (AvgIpc) is 2.89. The molecule has 1 saturated heterocycles. The average molecular weight is 567 g/mol. The van der Waals surface area contributed by atoms with E-state index in [9.17, 15) is 32.7 Å². The molecule has 0 aliphatic carbocycles. The minimum Gasteiger partial charge on any atom is -0.478 e. The summed E-state index contributed by atoms with van der Waals surface area (Å²) in [6, 6.07) is 12.2. The maximum atomic E-state index is 12.6. The number of aromatic carboxylic acids is 1. The first-order chi connectivity index (χ1) is 18.8. The number of hydrogen-bond donors (Lipinski definition) is 4. The van der Waals surface area contributed by atoms with Gasteiger partial charge in [0.2, 0.25) is 5.91 Å². The van der Waals surface area contributed by atoms with E-state index in [1.165, 1.54) is 6.07 Å². The number of amides is 2. The van der Waals surface area contributed by atoms with Crippen LogP contribution in [0.25, 0.3) is 0 Å². The van der Waals surface area contributed by atoms with Gasteiger partial charge >= 0.3 is 18.1 Å². The largest absolute Gasteiger partial charge is 0.490 e. The number of aryl methyl sites for hydroxylation is 1. The van der Waals surface area contributed by atoms with Crippen LogP contribution in [-0.2, 0) is 9.59 Å². The van der Waals surface area contributed by atoms with Crippen LogP contribution < -0.4 is 15.5 Å². The summed E-state index contributed by atoms with van der Waals surface area (Å²) in [5.74, 6) is -4.05. The van der Waals surface area contributed by atoms with E-state index in [1.54, 1.807) is 24.3 Å². The fourth-order valence-electron chi connectivity index (χ4n) is 3.90. The molecular formula is C27H33F3N4O6. The Kier molecular flexibility index (Phi) is 11.9. The van der Waals surface area contributed by atoms with Crippen molar-refractivity contribution in [3.8, 4) is 0 Å². The molecule has 40 heavy (non-hydrogen) atoms. The molecule has 1 aliphatic heterocycles. The lowest BCUT2D eigenvalue weighted by atomic mass is 10.1. The fourth-order valence-corrected chi connectivity index (χ4v) is 3.90. The van der Waals surface area contributed by atoms with Crippen LogP contribution in [0.1, 0.15) is 46.0 Å². The second-order valence-corrected chi connectivity index (χ2v) is 9.08. The molecule has 0 spiro atoms. The zero-order valence-corrected chi connectivity index (χ0v) is 22.3. The van der Waals surface area contributed by atoms with Gasteiger partial charge in [0.1, 0.15) is 0 Å². The summed E-state index contributed by atoms with van der Waals surface area (Å²) in [6.45, 7) is 7.58. The number of carboxylic acid groups (broad SMARTS) is 2. The summed E-state index contributed by atoms with van der Waals surface area (Å²) >= 11 is 0. The van der Waals surface area contributed by atoms with E-state index in [0.717, 1.165) is 18.4 Å². The quantitative estimate of drug-likeness (QED) is 0.338. The summed E-state index contributed by atoms with van der Waals surface area (Å²) < 4.78 is 31.7. The first kappa shape index (κ1) is 32.1. The number of carboxylic acids is 2. The molecule has 0 saturated carbocycles. The summed E-state index contributed by atoms with van der Waals surface area (Å²) in [5, 5.41) is 22.6. The highest BCUT2D eigenvalue weighted by Crippen LogP contribution is 2.26. The first-order valence-corrected chi connectivity index (χ1v) is 12.6. The Labute approximate surface area is 229 Å². The zero-order valence-electron chi connectivity index (χ0n) is 22.3.